The number of piperidine rings is 1. The fourth-order valence-corrected chi connectivity index (χ4v) is 2.26. The van der Waals surface area contributed by atoms with E-state index in [0.29, 0.717) is 25.9 Å². The second-order valence-electron chi connectivity index (χ2n) is 3.47. The van der Waals surface area contributed by atoms with Crippen LogP contribution < -0.4 is 0 Å². The molecule has 0 amide bonds. The lowest BCUT2D eigenvalue weighted by atomic mass is 9.93. The maximum Gasteiger partial charge on any atom is 0.211 e. The lowest BCUT2D eigenvalue weighted by Gasteiger charge is -2.34. The van der Waals surface area contributed by atoms with Gasteiger partial charge in [0, 0.05) is 13.1 Å². The summed E-state index contributed by atoms with van der Waals surface area (Å²) in [5.41, 5.74) is -0.874. The third kappa shape index (κ3) is 2.52. The molecule has 0 spiro atoms. The molecule has 5 heteroatoms. The zero-order chi connectivity index (χ0) is 10.1. The van der Waals surface area contributed by atoms with Crippen molar-refractivity contribution in [2.75, 3.05) is 19.3 Å². The van der Waals surface area contributed by atoms with Crippen molar-refractivity contribution in [2.24, 2.45) is 0 Å². The van der Waals surface area contributed by atoms with Gasteiger partial charge in [0.05, 0.1) is 11.9 Å². The molecule has 0 aliphatic carbocycles. The molecule has 1 rings (SSSR count). The molecule has 0 aromatic rings. The van der Waals surface area contributed by atoms with E-state index in [1.807, 2.05) is 0 Å². The summed E-state index contributed by atoms with van der Waals surface area (Å²) in [6.07, 6.45) is 3.55. The first-order valence-electron chi connectivity index (χ1n) is 4.18. The number of rotatable bonds is 2. The monoisotopic (exact) mass is 205 g/mol. The Kier molecular flexibility index (Phi) is 2.79. The highest BCUT2D eigenvalue weighted by Crippen LogP contribution is 2.23. The van der Waals surface area contributed by atoms with E-state index in [1.165, 1.54) is 16.6 Å². The molecule has 1 heterocycles. The number of nitrogens with zero attached hydrogens (tertiary/aromatic N) is 1. The second-order valence-corrected chi connectivity index (χ2v) is 5.45. The zero-order valence-electron chi connectivity index (χ0n) is 7.73. The van der Waals surface area contributed by atoms with Crippen molar-refractivity contribution < 1.29 is 13.5 Å². The normalized spacial score (nSPS) is 24.2. The van der Waals surface area contributed by atoms with Crippen molar-refractivity contribution in [3.63, 3.8) is 0 Å². The summed E-state index contributed by atoms with van der Waals surface area (Å²) in [5, 5.41) is 9.72. The van der Waals surface area contributed by atoms with Crippen molar-refractivity contribution in [3.8, 4) is 0 Å². The Balaban J connectivity index is 2.63. The first kappa shape index (κ1) is 10.7. The molecule has 1 saturated heterocycles. The van der Waals surface area contributed by atoms with Crippen LogP contribution in [-0.2, 0) is 10.0 Å². The minimum absolute atomic E-state index is 0.376. The van der Waals surface area contributed by atoms with E-state index in [-0.39, 0.29) is 0 Å². The predicted molar refractivity (Wildman–Crippen MR) is 50.8 cm³/mol. The summed E-state index contributed by atoms with van der Waals surface area (Å²) in [4.78, 5) is 0. The highest BCUT2D eigenvalue weighted by atomic mass is 32.2. The molecule has 1 aliphatic rings. The number of aliphatic hydroxyl groups is 1. The average Bonchev–Trinajstić information content (AvgIpc) is 2.04. The first-order valence-corrected chi connectivity index (χ1v) is 6.03. The Labute approximate surface area is 78.9 Å². The molecule has 4 nitrogen and oxygen atoms in total. The minimum atomic E-state index is -3.10. The summed E-state index contributed by atoms with van der Waals surface area (Å²) in [5.74, 6) is 0. The quantitative estimate of drug-likeness (QED) is 0.643. The minimum Gasteiger partial charge on any atom is -0.386 e. The molecule has 0 aromatic heterocycles. The van der Waals surface area contributed by atoms with Gasteiger partial charge < -0.3 is 5.11 Å². The maximum atomic E-state index is 11.1. The van der Waals surface area contributed by atoms with Gasteiger partial charge in [-0.25, -0.2) is 12.7 Å². The van der Waals surface area contributed by atoms with E-state index in [1.54, 1.807) is 0 Å². The molecular formula is C8H15NO3S. The van der Waals surface area contributed by atoms with Gasteiger partial charge in [0.1, 0.15) is 0 Å². The van der Waals surface area contributed by atoms with Crippen LogP contribution in [-0.4, -0.2) is 42.8 Å². The Morgan fingerprint density at radius 3 is 2.23 bits per heavy atom. The lowest BCUT2D eigenvalue weighted by molar-refractivity contribution is 0.0402. The summed E-state index contributed by atoms with van der Waals surface area (Å²) >= 11 is 0. The first-order chi connectivity index (χ1) is 5.87. The SMILES string of the molecule is C=CC1(O)CCN(S(C)(=O)=O)CC1. The van der Waals surface area contributed by atoms with E-state index in [4.69, 9.17) is 0 Å². The maximum absolute atomic E-state index is 11.1. The second kappa shape index (κ2) is 3.40. The molecule has 0 atom stereocenters. The highest BCUT2D eigenvalue weighted by Gasteiger charge is 2.32. The summed E-state index contributed by atoms with van der Waals surface area (Å²) in [6.45, 7) is 4.28. The topological polar surface area (TPSA) is 57.6 Å². The van der Waals surface area contributed by atoms with E-state index >= 15 is 0 Å². The average molecular weight is 205 g/mol. The van der Waals surface area contributed by atoms with Crippen LogP contribution in [0.3, 0.4) is 0 Å². The van der Waals surface area contributed by atoms with Crippen LogP contribution in [0.25, 0.3) is 0 Å². The molecule has 1 aliphatic heterocycles. The molecule has 0 unspecified atom stereocenters. The van der Waals surface area contributed by atoms with Crippen LogP contribution in [0.4, 0.5) is 0 Å². The fourth-order valence-electron chi connectivity index (χ4n) is 1.41. The van der Waals surface area contributed by atoms with E-state index in [2.05, 4.69) is 6.58 Å². The fraction of sp³-hybridized carbons (Fsp3) is 0.750. The Morgan fingerprint density at radius 1 is 1.46 bits per heavy atom. The van der Waals surface area contributed by atoms with Gasteiger partial charge in [-0.3, -0.25) is 0 Å². The predicted octanol–water partition coefficient (Wildman–Crippen LogP) is -0.0411. The molecule has 0 radical (unpaired) electrons. The standard InChI is InChI=1S/C8H15NO3S/c1-3-8(10)4-6-9(7-5-8)13(2,11)12/h3,10H,1,4-7H2,2H3. The van der Waals surface area contributed by atoms with Crippen molar-refractivity contribution in [1.29, 1.82) is 0 Å². The Morgan fingerprint density at radius 2 is 1.92 bits per heavy atom. The lowest BCUT2D eigenvalue weighted by Crippen LogP contribution is -2.45. The zero-order valence-corrected chi connectivity index (χ0v) is 8.55. The molecule has 1 fully saturated rings. The van der Waals surface area contributed by atoms with E-state index in [9.17, 15) is 13.5 Å². The third-order valence-corrected chi connectivity index (χ3v) is 3.74. The van der Waals surface area contributed by atoms with Crippen LogP contribution in [0, 0.1) is 0 Å². The van der Waals surface area contributed by atoms with Crippen molar-refractivity contribution in [1.82, 2.24) is 4.31 Å². The van der Waals surface area contributed by atoms with Gasteiger partial charge in [-0.15, -0.1) is 6.58 Å². The molecular weight excluding hydrogens is 190 g/mol. The van der Waals surface area contributed by atoms with Crippen LogP contribution in [0.5, 0.6) is 0 Å². The third-order valence-electron chi connectivity index (χ3n) is 2.44. The van der Waals surface area contributed by atoms with E-state index < -0.39 is 15.6 Å². The van der Waals surface area contributed by atoms with Crippen molar-refractivity contribution in [2.45, 2.75) is 18.4 Å². The van der Waals surface area contributed by atoms with Gasteiger partial charge in [-0.2, -0.15) is 0 Å². The number of hydrogen-bond donors (Lipinski definition) is 1. The highest BCUT2D eigenvalue weighted by molar-refractivity contribution is 7.88. The molecule has 0 aromatic carbocycles. The van der Waals surface area contributed by atoms with Crippen LogP contribution in [0.2, 0.25) is 0 Å². The van der Waals surface area contributed by atoms with Crippen LogP contribution in [0.15, 0.2) is 12.7 Å². The summed E-state index contributed by atoms with van der Waals surface area (Å²) < 4.78 is 23.6. The van der Waals surface area contributed by atoms with Crippen molar-refractivity contribution >= 4 is 10.0 Å². The van der Waals surface area contributed by atoms with Gasteiger partial charge in [-0.1, -0.05) is 6.08 Å². The molecule has 1 N–H and O–H groups in total. The number of hydrogen-bond acceptors (Lipinski definition) is 3. The van der Waals surface area contributed by atoms with Gasteiger partial charge in [0.15, 0.2) is 0 Å². The molecule has 13 heavy (non-hydrogen) atoms. The van der Waals surface area contributed by atoms with E-state index in [0.717, 1.165) is 0 Å². The van der Waals surface area contributed by atoms with Crippen LogP contribution in [0.1, 0.15) is 12.8 Å². The Bertz CT molecular complexity index is 289. The van der Waals surface area contributed by atoms with Gasteiger partial charge >= 0.3 is 0 Å². The smallest absolute Gasteiger partial charge is 0.211 e. The Hall–Kier alpha value is -0.390. The summed E-state index contributed by atoms with van der Waals surface area (Å²) in [7, 11) is -3.10. The van der Waals surface area contributed by atoms with Gasteiger partial charge in [0.2, 0.25) is 10.0 Å². The molecule has 76 valence electrons. The van der Waals surface area contributed by atoms with Crippen molar-refractivity contribution in [3.05, 3.63) is 12.7 Å². The largest absolute Gasteiger partial charge is 0.386 e. The molecule has 0 saturated carbocycles. The van der Waals surface area contributed by atoms with Crippen LogP contribution >= 0.6 is 0 Å². The summed E-state index contributed by atoms with van der Waals surface area (Å²) in [6, 6.07) is 0. The van der Waals surface area contributed by atoms with Gasteiger partial charge in [0.25, 0.3) is 0 Å². The van der Waals surface area contributed by atoms with Gasteiger partial charge in [-0.05, 0) is 12.8 Å². The number of sulfonamides is 1. The molecule has 0 bridgehead atoms.